The Kier molecular flexibility index (Phi) is 5.98. The summed E-state index contributed by atoms with van der Waals surface area (Å²) in [5, 5.41) is 22.1. The highest BCUT2D eigenvalue weighted by Crippen LogP contribution is 2.26. The molecular formula is C18H18N6O4S. The Hall–Kier alpha value is -3.60. The lowest BCUT2D eigenvalue weighted by atomic mass is 10.1. The molecule has 0 spiro atoms. The van der Waals surface area contributed by atoms with E-state index in [1.54, 1.807) is 44.4 Å². The van der Waals surface area contributed by atoms with Crippen LogP contribution in [0.4, 0.5) is 11.4 Å². The summed E-state index contributed by atoms with van der Waals surface area (Å²) in [6.07, 6.45) is 0. The molecule has 1 heterocycles. The maximum absolute atomic E-state index is 12.3. The van der Waals surface area contributed by atoms with Crippen molar-refractivity contribution in [1.29, 1.82) is 0 Å². The number of nitrogens with zero attached hydrogens (tertiary/aromatic N) is 4. The van der Waals surface area contributed by atoms with E-state index < -0.39 is 4.92 Å². The summed E-state index contributed by atoms with van der Waals surface area (Å²) in [5.74, 6) is 6.89. The van der Waals surface area contributed by atoms with E-state index in [1.807, 2.05) is 0 Å². The monoisotopic (exact) mass is 414 g/mol. The van der Waals surface area contributed by atoms with Gasteiger partial charge in [0.25, 0.3) is 5.69 Å². The van der Waals surface area contributed by atoms with Gasteiger partial charge in [0, 0.05) is 11.6 Å². The summed E-state index contributed by atoms with van der Waals surface area (Å²) < 4.78 is 6.43. The van der Waals surface area contributed by atoms with Crippen LogP contribution in [0.1, 0.15) is 5.56 Å². The van der Waals surface area contributed by atoms with E-state index in [4.69, 9.17) is 10.6 Å². The number of benzene rings is 2. The molecule has 29 heavy (non-hydrogen) atoms. The molecule has 3 rings (SSSR count). The molecular weight excluding hydrogens is 396 g/mol. The Morgan fingerprint density at radius 2 is 2.00 bits per heavy atom. The average molecular weight is 414 g/mol. The van der Waals surface area contributed by atoms with Gasteiger partial charge in [-0.3, -0.25) is 14.9 Å². The van der Waals surface area contributed by atoms with Gasteiger partial charge in [0.05, 0.1) is 29.0 Å². The molecule has 1 amide bonds. The fraction of sp³-hybridized carbons (Fsp3) is 0.167. The average Bonchev–Trinajstić information content (AvgIpc) is 3.08. The van der Waals surface area contributed by atoms with Crippen LogP contribution in [0, 0.1) is 17.0 Å². The van der Waals surface area contributed by atoms with Crippen LogP contribution in [0.15, 0.2) is 47.6 Å². The number of rotatable bonds is 7. The third kappa shape index (κ3) is 4.46. The summed E-state index contributed by atoms with van der Waals surface area (Å²) in [4.78, 5) is 22.8. The lowest BCUT2D eigenvalue weighted by molar-refractivity contribution is -0.385. The highest BCUT2D eigenvalue weighted by atomic mass is 32.2. The summed E-state index contributed by atoms with van der Waals surface area (Å²) in [6, 6.07) is 11.7. The third-order valence-electron chi connectivity index (χ3n) is 4.12. The van der Waals surface area contributed by atoms with Crippen LogP contribution in [0.5, 0.6) is 5.75 Å². The van der Waals surface area contributed by atoms with Crippen molar-refractivity contribution in [3.05, 3.63) is 58.1 Å². The van der Waals surface area contributed by atoms with Crippen LogP contribution in [0.3, 0.4) is 0 Å². The molecule has 0 atom stereocenters. The highest BCUT2D eigenvalue weighted by Gasteiger charge is 2.17. The first kappa shape index (κ1) is 20.1. The molecule has 0 bridgehead atoms. The Labute approximate surface area is 170 Å². The minimum absolute atomic E-state index is 0.0140. The number of methoxy groups -OCH3 is 1. The smallest absolute Gasteiger partial charge is 0.274 e. The largest absolute Gasteiger partial charge is 0.497 e. The molecule has 0 saturated carbocycles. The zero-order valence-electron chi connectivity index (χ0n) is 15.7. The van der Waals surface area contributed by atoms with Gasteiger partial charge in [-0.15, -0.1) is 10.2 Å². The van der Waals surface area contributed by atoms with Crippen molar-refractivity contribution < 1.29 is 14.5 Å². The molecule has 150 valence electrons. The molecule has 11 heteroatoms. The maximum Gasteiger partial charge on any atom is 0.274 e. The van der Waals surface area contributed by atoms with Crippen LogP contribution in [0.2, 0.25) is 0 Å². The van der Waals surface area contributed by atoms with E-state index in [-0.39, 0.29) is 17.3 Å². The van der Waals surface area contributed by atoms with E-state index >= 15 is 0 Å². The number of anilines is 1. The predicted molar refractivity (Wildman–Crippen MR) is 109 cm³/mol. The number of amides is 1. The minimum atomic E-state index is -0.489. The molecule has 0 aliphatic rings. The van der Waals surface area contributed by atoms with Gasteiger partial charge in [-0.25, -0.2) is 4.68 Å². The minimum Gasteiger partial charge on any atom is -0.497 e. The molecule has 2 aromatic carbocycles. The van der Waals surface area contributed by atoms with Gasteiger partial charge < -0.3 is 15.9 Å². The second kappa shape index (κ2) is 8.61. The maximum atomic E-state index is 12.3. The van der Waals surface area contributed by atoms with E-state index in [2.05, 4.69) is 15.5 Å². The van der Waals surface area contributed by atoms with E-state index in [9.17, 15) is 14.9 Å². The van der Waals surface area contributed by atoms with E-state index in [0.717, 1.165) is 17.3 Å². The topological polar surface area (TPSA) is 138 Å². The molecule has 0 fully saturated rings. The number of carbonyl (C=O) groups excluding carboxylic acids is 1. The van der Waals surface area contributed by atoms with Crippen LogP contribution in [-0.2, 0) is 4.79 Å². The molecule has 10 nitrogen and oxygen atoms in total. The molecule has 0 radical (unpaired) electrons. The summed E-state index contributed by atoms with van der Waals surface area (Å²) in [5.41, 5.74) is 1.48. The molecule has 0 unspecified atom stereocenters. The number of nitro groups is 1. The predicted octanol–water partition coefficient (Wildman–Crippen LogP) is 2.61. The number of nitro benzene ring substituents is 1. The van der Waals surface area contributed by atoms with Gasteiger partial charge in [-0.05, 0) is 37.3 Å². The summed E-state index contributed by atoms with van der Waals surface area (Å²) in [6.45, 7) is 1.58. The van der Waals surface area contributed by atoms with Crippen molar-refractivity contribution in [3.8, 4) is 17.1 Å². The Bertz CT molecular complexity index is 1050. The first-order valence-electron chi connectivity index (χ1n) is 8.42. The standard InChI is InChI=1S/C18H18N6O4S/c1-11-14(4-3-5-15(11)24(26)27)20-16(25)10-29-18-22-21-17(23(18)19)12-6-8-13(28-2)9-7-12/h3-9H,10,19H2,1-2H3,(H,20,25). The molecule has 3 aromatic rings. The van der Waals surface area contributed by atoms with Gasteiger partial charge in [0.15, 0.2) is 5.82 Å². The van der Waals surface area contributed by atoms with Gasteiger partial charge in [0.2, 0.25) is 11.1 Å². The quantitative estimate of drug-likeness (QED) is 0.260. The van der Waals surface area contributed by atoms with Crippen LogP contribution in [-0.4, -0.2) is 38.6 Å². The van der Waals surface area contributed by atoms with Crippen LogP contribution < -0.4 is 15.9 Å². The second-order valence-corrected chi connectivity index (χ2v) is 6.89. The highest BCUT2D eigenvalue weighted by molar-refractivity contribution is 7.99. The fourth-order valence-electron chi connectivity index (χ4n) is 2.59. The van der Waals surface area contributed by atoms with E-state index in [0.29, 0.717) is 28.0 Å². The number of nitrogens with one attached hydrogen (secondary N) is 1. The van der Waals surface area contributed by atoms with E-state index in [1.165, 1.54) is 16.8 Å². The number of aromatic nitrogens is 3. The number of hydrogen-bond donors (Lipinski definition) is 2. The van der Waals surface area contributed by atoms with Crippen LogP contribution >= 0.6 is 11.8 Å². The number of ether oxygens (including phenoxy) is 1. The number of thioether (sulfide) groups is 1. The number of nitrogen functional groups attached to an aromatic ring is 1. The van der Waals surface area contributed by atoms with Crippen molar-refractivity contribution in [2.24, 2.45) is 0 Å². The molecule has 0 saturated heterocycles. The van der Waals surface area contributed by atoms with Gasteiger partial charge >= 0.3 is 0 Å². The Balaban J connectivity index is 1.66. The van der Waals surface area contributed by atoms with Crippen molar-refractivity contribution in [1.82, 2.24) is 14.9 Å². The lowest BCUT2D eigenvalue weighted by Crippen LogP contribution is -2.17. The SMILES string of the molecule is COc1ccc(-c2nnc(SCC(=O)Nc3cccc([N+](=O)[O-])c3C)n2N)cc1. The lowest BCUT2D eigenvalue weighted by Gasteiger charge is -2.08. The number of hydrogen-bond acceptors (Lipinski definition) is 8. The first-order valence-corrected chi connectivity index (χ1v) is 9.41. The van der Waals surface area contributed by atoms with Crippen molar-refractivity contribution in [2.45, 2.75) is 12.1 Å². The van der Waals surface area contributed by atoms with Crippen molar-refractivity contribution >= 4 is 29.0 Å². The second-order valence-electron chi connectivity index (χ2n) is 5.95. The summed E-state index contributed by atoms with van der Waals surface area (Å²) in [7, 11) is 1.58. The van der Waals surface area contributed by atoms with Crippen molar-refractivity contribution in [2.75, 3.05) is 24.0 Å². The van der Waals surface area contributed by atoms with Crippen molar-refractivity contribution in [3.63, 3.8) is 0 Å². The fourth-order valence-corrected chi connectivity index (χ4v) is 3.24. The Morgan fingerprint density at radius 1 is 1.28 bits per heavy atom. The normalized spacial score (nSPS) is 10.6. The molecule has 3 N–H and O–H groups in total. The molecule has 0 aliphatic carbocycles. The molecule has 0 aliphatic heterocycles. The first-order chi connectivity index (χ1) is 13.9. The summed E-state index contributed by atoms with van der Waals surface area (Å²) >= 11 is 1.11. The number of carbonyl (C=O) groups is 1. The molecule has 1 aromatic heterocycles. The third-order valence-corrected chi connectivity index (χ3v) is 5.06. The van der Waals surface area contributed by atoms with Crippen LogP contribution in [0.25, 0.3) is 11.4 Å². The Morgan fingerprint density at radius 3 is 2.66 bits per heavy atom. The number of nitrogens with two attached hydrogens (primary N) is 1. The van der Waals surface area contributed by atoms with Gasteiger partial charge in [-0.1, -0.05) is 17.8 Å². The van der Waals surface area contributed by atoms with Gasteiger partial charge in [0.1, 0.15) is 5.75 Å². The zero-order valence-corrected chi connectivity index (χ0v) is 16.5. The van der Waals surface area contributed by atoms with Gasteiger partial charge in [-0.2, -0.15) is 0 Å². The zero-order chi connectivity index (χ0) is 21.0.